The van der Waals surface area contributed by atoms with Crippen LogP contribution in [0, 0.1) is 27.7 Å². The predicted octanol–water partition coefficient (Wildman–Crippen LogP) is 42.1. The largest absolute Gasteiger partial charge is 0.494 e. The van der Waals surface area contributed by atoms with E-state index in [0.717, 1.165) is 17.1 Å². The molecule has 149 heavy (non-hydrogen) atoms. The van der Waals surface area contributed by atoms with Gasteiger partial charge < -0.3 is 29.2 Å². The second kappa shape index (κ2) is 55.2. The summed E-state index contributed by atoms with van der Waals surface area (Å²) in [5.74, 6) is 0.904. The number of ether oxygens (including phenoxy) is 1. The number of hydrogen-bond acceptors (Lipinski definition) is 6. The first kappa shape index (κ1) is 110. The van der Waals surface area contributed by atoms with E-state index in [1.54, 1.807) is 16.7 Å². The molecule has 0 aliphatic heterocycles. The number of benzene rings is 16. The van der Waals surface area contributed by atoms with Crippen molar-refractivity contribution >= 4 is 73.3 Å². The summed E-state index contributed by atoms with van der Waals surface area (Å²) in [5.41, 5.74) is 41.2. The third kappa shape index (κ3) is 28.4. The van der Waals surface area contributed by atoms with E-state index in [4.69, 9.17) is 4.74 Å². The van der Waals surface area contributed by atoms with Crippen molar-refractivity contribution in [2.75, 3.05) is 59.3 Å². The highest BCUT2D eigenvalue weighted by molar-refractivity contribution is 5.90. The Morgan fingerprint density at radius 1 is 0.201 bits per heavy atom. The second-order valence-corrected chi connectivity index (χ2v) is 42.6. The number of aryl methyl sites for hydroxylation is 6. The van der Waals surface area contributed by atoms with Gasteiger partial charge in [0.2, 0.25) is 0 Å². The molecular weight excluding hydrogens is 1800 g/mol. The zero-order valence-electron chi connectivity index (χ0n) is 92.9. The average molecular weight is 1970 g/mol. The Kier molecular flexibility index (Phi) is 40.7. The molecule has 0 bridgehead atoms. The molecule has 0 amide bonds. The minimum absolute atomic E-state index is 0.0398. The van der Waals surface area contributed by atoms with Gasteiger partial charge in [0.15, 0.2) is 0 Å². The van der Waals surface area contributed by atoms with Crippen LogP contribution >= 0.6 is 0 Å². The molecule has 0 unspecified atom stereocenters. The molecule has 0 heterocycles. The monoisotopic (exact) mass is 1970 g/mol. The highest BCUT2D eigenvalue weighted by Gasteiger charge is 2.45. The molecule has 16 aromatic rings. The van der Waals surface area contributed by atoms with Crippen molar-refractivity contribution in [3.05, 3.63) is 420 Å². The van der Waals surface area contributed by atoms with Crippen LogP contribution in [0.2, 0.25) is 0 Å². The number of unbranched alkanes of at least 4 members (excludes halogenated alkanes) is 19. The molecule has 772 valence electrons. The van der Waals surface area contributed by atoms with E-state index in [0.29, 0.717) is 6.61 Å². The maximum Gasteiger partial charge on any atom is 0.119 e. The topological polar surface area (TPSA) is 25.4 Å². The average Bonchev–Trinajstić information content (AvgIpc) is 1.56. The van der Waals surface area contributed by atoms with Crippen LogP contribution in [0.3, 0.4) is 0 Å². The molecule has 0 N–H and O–H groups in total. The fraction of sp³-hybridized carbons (Fsp3) is 0.343. The zero-order valence-corrected chi connectivity index (χ0v) is 92.9. The summed E-state index contributed by atoms with van der Waals surface area (Å²) in [4.78, 5) is 11.5. The number of nitrogens with zero attached hydrogens (tertiary/aromatic N) is 5. The quantitative estimate of drug-likeness (QED) is 0.0353. The standard InChI is InChI=1S/C53H60N2.C38H53N.C26H25NO.C26H31N/c1-5-7-9-11-19-37-53(38-20-12-10-8-6-2)51-39-41(3)25-35-49(51)50-36-34-48(40-52(50)53)55(46-23-17-14-18-24-46)47-32-28-43(29-33-47)42-26-30-45(31-27-42)54(4)44-21-15-13-16-22-44;1-6-9-12-15-26-38(27-16-13-10-7-2)36-28-30(4)18-24-34(36)35-25-23-33(29-37(35)38)39(5)32-21-19-31(20-22-32)17-14-11-8-3;1-4-28-26-15-13-25(14-16-26)27(3)24-11-9-20(10-12-24)22-8-7-21-17-19(2)5-6-23(21)18-22;1-4-5-6-7-8-22-11-17-25(18-12-22)27(3)26-19-15-24(16-20-26)23-13-9-21(2)10-14-23/h13-18,21-36,39-40H,5-12,19-20,37-38H2,1-4H3;18-25,28-29H,6-17,26-27H2,1-5H3;5-18H,4H2,1-3H3;9-20H,4-8H2,1-3H3. The lowest BCUT2D eigenvalue weighted by molar-refractivity contribution is 0.340. The summed E-state index contributed by atoms with van der Waals surface area (Å²) in [6, 6.07) is 135. The van der Waals surface area contributed by atoms with Crippen molar-refractivity contribution in [1.82, 2.24) is 0 Å². The molecule has 6 heteroatoms. The first-order valence-corrected chi connectivity index (χ1v) is 57.1. The van der Waals surface area contributed by atoms with E-state index in [9.17, 15) is 0 Å². The van der Waals surface area contributed by atoms with Gasteiger partial charge in [-0.05, 0) is 337 Å². The van der Waals surface area contributed by atoms with Crippen molar-refractivity contribution < 1.29 is 4.74 Å². The summed E-state index contributed by atoms with van der Waals surface area (Å²) in [6.07, 6.45) is 40.2. The number of anilines is 11. The van der Waals surface area contributed by atoms with Gasteiger partial charge in [-0.2, -0.15) is 0 Å². The van der Waals surface area contributed by atoms with E-state index in [1.807, 2.05) is 19.1 Å². The Morgan fingerprint density at radius 2 is 0.463 bits per heavy atom. The van der Waals surface area contributed by atoms with E-state index < -0.39 is 0 Å². The Hall–Kier alpha value is -13.4. The summed E-state index contributed by atoms with van der Waals surface area (Å²) in [6.45, 7) is 25.3. The molecule has 2 aliphatic rings. The lowest BCUT2D eigenvalue weighted by Crippen LogP contribution is -2.26. The molecule has 0 saturated heterocycles. The first-order valence-electron chi connectivity index (χ1n) is 57.1. The van der Waals surface area contributed by atoms with E-state index in [-0.39, 0.29) is 10.8 Å². The van der Waals surface area contributed by atoms with Gasteiger partial charge in [-0.1, -0.05) is 424 Å². The van der Waals surface area contributed by atoms with E-state index in [1.165, 1.54) is 356 Å². The molecule has 0 saturated carbocycles. The summed E-state index contributed by atoms with van der Waals surface area (Å²) in [7, 11) is 8.59. The van der Waals surface area contributed by atoms with Gasteiger partial charge in [-0.25, -0.2) is 0 Å². The molecule has 18 rings (SSSR count). The van der Waals surface area contributed by atoms with Gasteiger partial charge in [0, 0.05) is 102 Å². The lowest BCUT2D eigenvalue weighted by Gasteiger charge is -2.34. The normalized spacial score (nSPS) is 12.2. The number of rotatable bonds is 47. The van der Waals surface area contributed by atoms with Gasteiger partial charge in [0.1, 0.15) is 5.75 Å². The van der Waals surface area contributed by atoms with Crippen molar-refractivity contribution in [1.29, 1.82) is 0 Å². The van der Waals surface area contributed by atoms with Crippen LogP contribution in [0.25, 0.3) is 66.4 Å². The van der Waals surface area contributed by atoms with Crippen LogP contribution in [0.1, 0.15) is 290 Å². The van der Waals surface area contributed by atoms with Crippen molar-refractivity contribution in [2.24, 2.45) is 0 Å². The van der Waals surface area contributed by atoms with E-state index >= 15 is 0 Å². The fourth-order valence-corrected chi connectivity index (χ4v) is 22.7. The van der Waals surface area contributed by atoms with Crippen LogP contribution in [0.15, 0.2) is 364 Å². The molecule has 6 nitrogen and oxygen atoms in total. The van der Waals surface area contributed by atoms with Crippen molar-refractivity contribution in [2.45, 2.75) is 286 Å². The zero-order chi connectivity index (χ0) is 104. The van der Waals surface area contributed by atoms with Crippen molar-refractivity contribution in [3.63, 3.8) is 0 Å². The summed E-state index contributed by atoms with van der Waals surface area (Å²) >= 11 is 0. The van der Waals surface area contributed by atoms with Crippen LogP contribution in [0.5, 0.6) is 5.75 Å². The molecule has 16 aromatic carbocycles. The number of fused-ring (bicyclic) bond motifs is 7. The summed E-state index contributed by atoms with van der Waals surface area (Å²) in [5, 5.41) is 2.56. The summed E-state index contributed by atoms with van der Waals surface area (Å²) < 4.78 is 5.53. The third-order valence-corrected chi connectivity index (χ3v) is 31.6. The predicted molar refractivity (Wildman–Crippen MR) is 650 cm³/mol. The molecule has 0 fully saturated rings. The molecule has 0 aromatic heterocycles. The van der Waals surface area contributed by atoms with Gasteiger partial charge in [-0.15, -0.1) is 0 Å². The van der Waals surface area contributed by atoms with E-state index in [2.05, 4.69) is 474 Å². The molecule has 0 atom stereocenters. The Morgan fingerprint density at radius 3 is 0.879 bits per heavy atom. The van der Waals surface area contributed by atoms with Crippen LogP contribution in [-0.4, -0.2) is 34.8 Å². The number of para-hydroxylation sites is 2. The van der Waals surface area contributed by atoms with Crippen LogP contribution < -0.4 is 29.2 Å². The highest BCUT2D eigenvalue weighted by Crippen LogP contribution is 2.58. The van der Waals surface area contributed by atoms with Crippen LogP contribution in [0.4, 0.5) is 62.6 Å². The Balaban J connectivity index is 0.000000155. The minimum atomic E-state index is 0.0398. The van der Waals surface area contributed by atoms with Gasteiger partial charge in [-0.3, -0.25) is 0 Å². The first-order chi connectivity index (χ1) is 72.9. The van der Waals surface area contributed by atoms with Crippen LogP contribution in [-0.2, 0) is 23.7 Å². The maximum absolute atomic E-state index is 5.53. The SMILES string of the molecule is CCCCCCC1(CCCCCC)c2cc(C)ccc2-c2ccc(N(C)c3ccc(CCCCC)cc3)cc21.CCCCCCCC1(CCCCCCC)c2cc(C)ccc2-c2ccc(N(c3ccccc3)c3ccc(-c4ccc(N(C)c5ccccc5)cc4)cc3)cc21.CCCCCCc1ccc(N(C)c2ccc(-c3ccc(C)cc3)cc2)cc1.CCOc1ccc(N(C)c2ccc(-c3ccc4cc(C)ccc4c3)cc2)cc1. The third-order valence-electron chi connectivity index (χ3n) is 31.6. The minimum Gasteiger partial charge on any atom is -0.494 e. The molecule has 0 radical (unpaired) electrons. The van der Waals surface area contributed by atoms with Crippen molar-refractivity contribution in [3.8, 4) is 61.4 Å². The Bertz CT molecular complexity index is 6740. The lowest BCUT2D eigenvalue weighted by atomic mass is 9.70. The maximum atomic E-state index is 5.53. The fourth-order valence-electron chi connectivity index (χ4n) is 22.7. The van der Waals surface area contributed by atoms with Gasteiger partial charge in [0.25, 0.3) is 0 Å². The molecular formula is C143H169N5O. The Labute approximate surface area is 898 Å². The highest BCUT2D eigenvalue weighted by atomic mass is 16.5. The smallest absolute Gasteiger partial charge is 0.119 e. The second-order valence-electron chi connectivity index (χ2n) is 42.6. The molecule has 0 spiro atoms. The van der Waals surface area contributed by atoms with Gasteiger partial charge in [0.05, 0.1) is 6.61 Å². The number of hydrogen-bond donors (Lipinski definition) is 0. The van der Waals surface area contributed by atoms with Gasteiger partial charge >= 0.3 is 0 Å². The molecule has 2 aliphatic carbocycles.